The zero-order chi connectivity index (χ0) is 49.9. The first-order chi connectivity index (χ1) is 33.2. The van der Waals surface area contributed by atoms with E-state index < -0.39 is 57.8 Å². The van der Waals surface area contributed by atoms with Gasteiger partial charge in [-0.1, -0.05) is 223 Å². The van der Waals surface area contributed by atoms with E-state index in [9.17, 15) is 28.9 Å². The fourth-order valence-electron chi connectivity index (χ4n) is 7.33. The predicted octanol–water partition coefficient (Wildman–Crippen LogP) is 15.6. The number of esters is 3. The van der Waals surface area contributed by atoms with Crippen molar-refractivity contribution in [2.24, 2.45) is 0 Å². The Bertz CT molecular complexity index is 1370. The summed E-state index contributed by atoms with van der Waals surface area (Å²) in [4.78, 5) is 48.3. The molecule has 0 aliphatic carbocycles. The number of ether oxygens (including phenoxy) is 3. The summed E-state index contributed by atoms with van der Waals surface area (Å²) in [6.45, 7) is 4.45. The van der Waals surface area contributed by atoms with E-state index in [1.54, 1.807) is 0 Å². The normalized spacial score (nSPS) is 13.9. The molecule has 3 unspecified atom stereocenters. The summed E-state index contributed by atoms with van der Waals surface area (Å²) in [6, 6.07) is 0. The van der Waals surface area contributed by atoms with Crippen molar-refractivity contribution < 1.29 is 52.2 Å². The van der Waals surface area contributed by atoms with Gasteiger partial charge in [0.1, 0.15) is 12.7 Å². The highest BCUT2D eigenvalue weighted by molar-refractivity contribution is 7.47. The van der Waals surface area contributed by atoms with E-state index in [1.165, 1.54) is 103 Å². The molecule has 0 saturated heterocycles. The van der Waals surface area contributed by atoms with Gasteiger partial charge in [-0.15, -0.1) is 0 Å². The zero-order valence-electron chi connectivity index (χ0n) is 43.3. The lowest BCUT2D eigenvalue weighted by Crippen LogP contribution is -2.30. The first kappa shape index (κ1) is 65.2. The molecule has 0 aliphatic heterocycles. The van der Waals surface area contributed by atoms with Gasteiger partial charge in [-0.25, -0.2) is 4.57 Å². The van der Waals surface area contributed by atoms with Crippen molar-refractivity contribution in [3.8, 4) is 0 Å². The van der Waals surface area contributed by atoms with Crippen molar-refractivity contribution in [1.82, 2.24) is 0 Å². The highest BCUT2D eigenvalue weighted by atomic mass is 31.2. The second-order valence-corrected chi connectivity index (χ2v) is 19.5. The minimum atomic E-state index is -4.75. The molecule has 0 bridgehead atoms. The highest BCUT2D eigenvalue weighted by Gasteiger charge is 2.28. The van der Waals surface area contributed by atoms with E-state index in [-0.39, 0.29) is 25.9 Å². The Morgan fingerprint density at radius 3 is 1.18 bits per heavy atom. The van der Waals surface area contributed by atoms with E-state index in [1.807, 2.05) is 12.2 Å². The SMILES string of the molecule is CC/C=C\C/C=C\C/C=C\C/C=C\C/C=C\CCCC(=O)OC(COC(=O)CCCCCCCCCCCCCCCCC)COP(=O)(O)OCC(CO)OC(=O)CCCCCCCCCCC. The molecule has 0 aromatic rings. The monoisotopic (exact) mass is 979 g/mol. The van der Waals surface area contributed by atoms with Gasteiger partial charge in [-0.05, 0) is 57.8 Å². The molecular weight excluding hydrogens is 880 g/mol. The first-order valence-corrected chi connectivity index (χ1v) is 28.7. The fraction of sp³-hybridized carbons (Fsp3) is 0.768. The molecule has 0 amide bonds. The Balaban J connectivity index is 4.81. The fourth-order valence-corrected chi connectivity index (χ4v) is 8.12. The third-order valence-corrected chi connectivity index (χ3v) is 12.4. The molecule has 0 fully saturated rings. The number of carbonyl (C=O) groups excluding carboxylic acids is 3. The van der Waals surface area contributed by atoms with Crippen LogP contribution in [0.15, 0.2) is 60.8 Å². The molecule has 0 spiro atoms. The Hall–Kier alpha value is -2.82. The van der Waals surface area contributed by atoms with Crippen molar-refractivity contribution >= 4 is 25.7 Å². The second kappa shape index (κ2) is 50.6. The summed E-state index contributed by atoms with van der Waals surface area (Å²) in [6.07, 6.45) is 53.5. The van der Waals surface area contributed by atoms with Gasteiger partial charge in [0.25, 0.3) is 0 Å². The maximum atomic E-state index is 12.8. The van der Waals surface area contributed by atoms with Crippen LogP contribution in [0.3, 0.4) is 0 Å². The minimum absolute atomic E-state index is 0.0910. The summed E-state index contributed by atoms with van der Waals surface area (Å²) >= 11 is 0. The van der Waals surface area contributed by atoms with Crippen LogP contribution in [0.1, 0.15) is 239 Å². The number of carbonyl (C=O) groups is 3. The largest absolute Gasteiger partial charge is 0.472 e. The average Bonchev–Trinajstić information content (AvgIpc) is 3.32. The lowest BCUT2D eigenvalue weighted by atomic mass is 10.0. The van der Waals surface area contributed by atoms with Crippen LogP contribution in [0, 0.1) is 0 Å². The van der Waals surface area contributed by atoms with Gasteiger partial charge in [-0.3, -0.25) is 23.4 Å². The Labute approximate surface area is 415 Å². The summed E-state index contributed by atoms with van der Waals surface area (Å²) in [7, 11) is -4.75. The van der Waals surface area contributed by atoms with Crippen molar-refractivity contribution in [2.45, 2.75) is 251 Å². The van der Waals surface area contributed by atoms with Crippen LogP contribution in [-0.2, 0) is 42.2 Å². The van der Waals surface area contributed by atoms with Crippen molar-refractivity contribution in [3.63, 3.8) is 0 Å². The van der Waals surface area contributed by atoms with Gasteiger partial charge < -0.3 is 24.2 Å². The molecule has 12 heteroatoms. The number of phosphoric ester groups is 1. The van der Waals surface area contributed by atoms with E-state index >= 15 is 0 Å². The van der Waals surface area contributed by atoms with Crippen LogP contribution >= 0.6 is 7.82 Å². The first-order valence-electron chi connectivity index (χ1n) is 27.2. The van der Waals surface area contributed by atoms with Gasteiger partial charge in [0, 0.05) is 19.3 Å². The average molecular weight is 979 g/mol. The van der Waals surface area contributed by atoms with Crippen molar-refractivity contribution in [3.05, 3.63) is 60.8 Å². The summed E-state index contributed by atoms with van der Waals surface area (Å²) in [5.74, 6) is -1.53. The third-order valence-electron chi connectivity index (χ3n) is 11.5. The molecular formula is C56H99O11P. The molecule has 0 aromatic heterocycles. The Morgan fingerprint density at radius 1 is 0.426 bits per heavy atom. The summed E-state index contributed by atoms with van der Waals surface area (Å²) in [5, 5.41) is 9.75. The molecule has 0 aliphatic rings. The number of hydrogen-bond acceptors (Lipinski definition) is 10. The second-order valence-electron chi connectivity index (χ2n) is 18.0. The standard InChI is InChI=1S/C56H99O11P/c1-4-7-10-13-16-19-21-23-25-26-28-30-32-35-38-41-44-47-56(60)67-53(49-63-54(58)45-42-39-36-34-31-29-27-24-22-20-17-14-11-8-5-2)51-65-68(61,62)64-50-52(48-57)66-55(59)46-43-40-37-33-18-15-12-9-6-3/h7,10,16,19,23,25,28,30,35,38,52-53,57H,4-6,8-9,11-15,17-18,20-22,24,26-27,29,31-34,36-37,39-51H2,1-3H3,(H,61,62)/b10-7-,19-16-,25-23-,30-28-,38-35-. The predicted molar refractivity (Wildman–Crippen MR) is 279 cm³/mol. The molecule has 0 saturated carbocycles. The van der Waals surface area contributed by atoms with Crippen LogP contribution in [0.4, 0.5) is 0 Å². The van der Waals surface area contributed by atoms with Gasteiger partial charge in [-0.2, -0.15) is 0 Å². The Morgan fingerprint density at radius 2 is 0.765 bits per heavy atom. The number of phosphoric acid groups is 1. The summed E-state index contributed by atoms with van der Waals surface area (Å²) < 4.78 is 39.3. The van der Waals surface area contributed by atoms with Crippen LogP contribution in [0.25, 0.3) is 0 Å². The van der Waals surface area contributed by atoms with Gasteiger partial charge in [0.05, 0.1) is 19.8 Å². The van der Waals surface area contributed by atoms with Crippen LogP contribution in [-0.4, -0.2) is 66.5 Å². The third kappa shape index (κ3) is 48.2. The van der Waals surface area contributed by atoms with Crippen LogP contribution in [0.5, 0.6) is 0 Å². The van der Waals surface area contributed by atoms with Gasteiger partial charge in [0.2, 0.25) is 0 Å². The molecule has 0 rings (SSSR count). The molecule has 3 atom stereocenters. The molecule has 2 N–H and O–H groups in total. The van der Waals surface area contributed by atoms with E-state index in [2.05, 4.69) is 69.4 Å². The molecule has 11 nitrogen and oxygen atoms in total. The van der Waals surface area contributed by atoms with E-state index in [4.69, 9.17) is 23.3 Å². The molecule has 0 aromatic carbocycles. The van der Waals surface area contributed by atoms with Crippen LogP contribution in [0.2, 0.25) is 0 Å². The Kier molecular flexibility index (Phi) is 48.5. The van der Waals surface area contributed by atoms with E-state index in [0.717, 1.165) is 70.6 Å². The highest BCUT2D eigenvalue weighted by Crippen LogP contribution is 2.43. The topological polar surface area (TPSA) is 155 Å². The number of aliphatic hydroxyl groups excluding tert-OH is 1. The number of aliphatic hydroxyl groups is 1. The van der Waals surface area contributed by atoms with Crippen LogP contribution < -0.4 is 0 Å². The smallest absolute Gasteiger partial charge is 0.462 e. The van der Waals surface area contributed by atoms with Gasteiger partial charge in [0.15, 0.2) is 6.10 Å². The maximum Gasteiger partial charge on any atom is 0.472 e. The molecule has 0 radical (unpaired) electrons. The van der Waals surface area contributed by atoms with E-state index in [0.29, 0.717) is 25.7 Å². The molecule has 68 heavy (non-hydrogen) atoms. The molecule has 0 heterocycles. The maximum absolute atomic E-state index is 12.8. The zero-order valence-corrected chi connectivity index (χ0v) is 44.2. The lowest BCUT2D eigenvalue weighted by Gasteiger charge is -2.21. The number of allylic oxidation sites excluding steroid dienone is 10. The minimum Gasteiger partial charge on any atom is -0.462 e. The molecule has 394 valence electrons. The summed E-state index contributed by atoms with van der Waals surface area (Å²) in [5.41, 5.74) is 0. The number of hydrogen-bond donors (Lipinski definition) is 2. The van der Waals surface area contributed by atoms with Crippen molar-refractivity contribution in [2.75, 3.05) is 26.4 Å². The number of unbranched alkanes of at least 4 members (excludes halogenated alkanes) is 23. The van der Waals surface area contributed by atoms with Crippen molar-refractivity contribution in [1.29, 1.82) is 0 Å². The quantitative estimate of drug-likeness (QED) is 0.0197. The van der Waals surface area contributed by atoms with Gasteiger partial charge >= 0.3 is 25.7 Å². The number of rotatable bonds is 50. The lowest BCUT2D eigenvalue weighted by molar-refractivity contribution is -0.161.